The Hall–Kier alpha value is 0.270. The van der Waals surface area contributed by atoms with Gasteiger partial charge in [-0.1, -0.05) is 0 Å². The van der Waals surface area contributed by atoms with Gasteiger partial charge in [-0.2, -0.15) is 0 Å². The van der Waals surface area contributed by atoms with Crippen LogP contribution in [0.2, 0.25) is 0 Å². The van der Waals surface area contributed by atoms with E-state index in [-0.39, 0.29) is 6.61 Å². The lowest BCUT2D eigenvalue weighted by atomic mass is 10.8. The van der Waals surface area contributed by atoms with Crippen LogP contribution in [0.5, 0.6) is 0 Å². The van der Waals surface area contributed by atoms with Gasteiger partial charge in [0.2, 0.25) is 0 Å². The molecule has 0 aromatic rings. The molecule has 54 valence electrons. The number of aliphatic hydroxyl groups excluding tert-OH is 1. The first kappa shape index (κ1) is 7.38. The summed E-state index contributed by atoms with van der Waals surface area (Å²) in [6.45, 7) is 2.02. The van der Waals surface area contributed by atoms with Gasteiger partial charge in [0, 0.05) is 6.54 Å². The van der Waals surface area contributed by atoms with Crippen LogP contribution < -0.4 is 5.09 Å². The van der Waals surface area contributed by atoms with Gasteiger partial charge in [-0.3, -0.25) is 0 Å². The smallest absolute Gasteiger partial charge is 0.256 e. The Bertz CT molecular complexity index is 76.2. The molecule has 1 saturated heterocycles. The highest BCUT2D eigenvalue weighted by Crippen LogP contribution is 2.37. The first-order chi connectivity index (χ1) is 4.43. The number of hydrogen-bond donors (Lipinski definition) is 2. The summed E-state index contributed by atoms with van der Waals surface area (Å²) < 4.78 is 10.2. The van der Waals surface area contributed by atoms with Crippen LogP contribution in [-0.2, 0) is 9.05 Å². The van der Waals surface area contributed by atoms with Gasteiger partial charge in [0.1, 0.15) is 0 Å². The molecule has 0 aromatic heterocycles. The minimum absolute atomic E-state index is 0.131. The van der Waals surface area contributed by atoms with E-state index in [2.05, 4.69) is 5.09 Å². The van der Waals surface area contributed by atoms with Crippen molar-refractivity contribution in [1.29, 1.82) is 0 Å². The average molecular weight is 151 g/mol. The zero-order chi connectivity index (χ0) is 6.53. The van der Waals surface area contributed by atoms with Crippen LogP contribution in [0.15, 0.2) is 0 Å². The van der Waals surface area contributed by atoms with Gasteiger partial charge in [0.05, 0.1) is 19.8 Å². The summed E-state index contributed by atoms with van der Waals surface area (Å²) in [5.74, 6) is 0. The van der Waals surface area contributed by atoms with E-state index in [0.717, 1.165) is 0 Å². The Morgan fingerprint density at radius 2 is 2.11 bits per heavy atom. The first-order valence-corrected chi connectivity index (χ1v) is 4.01. The molecule has 2 N–H and O–H groups in total. The van der Waals surface area contributed by atoms with Crippen LogP contribution in [0, 0.1) is 0 Å². The van der Waals surface area contributed by atoms with Crippen LogP contribution in [-0.4, -0.2) is 31.5 Å². The lowest BCUT2D eigenvalue weighted by molar-refractivity contribution is 0.297. The van der Waals surface area contributed by atoms with Crippen molar-refractivity contribution in [2.75, 3.05) is 26.4 Å². The van der Waals surface area contributed by atoms with Gasteiger partial charge in [-0.05, 0) is 0 Å². The zero-order valence-electron chi connectivity index (χ0n) is 5.04. The van der Waals surface area contributed by atoms with Gasteiger partial charge in [0.15, 0.2) is 0 Å². The van der Waals surface area contributed by atoms with Crippen LogP contribution >= 0.6 is 8.53 Å². The molecule has 1 fully saturated rings. The molecular weight excluding hydrogens is 141 g/mol. The van der Waals surface area contributed by atoms with E-state index in [1.165, 1.54) is 0 Å². The maximum atomic E-state index is 8.36. The van der Waals surface area contributed by atoms with Crippen molar-refractivity contribution in [3.8, 4) is 0 Å². The van der Waals surface area contributed by atoms with Crippen LogP contribution in [0.3, 0.4) is 0 Å². The van der Waals surface area contributed by atoms with E-state index in [0.29, 0.717) is 19.8 Å². The molecule has 1 aliphatic heterocycles. The average Bonchev–Trinajstić information content (AvgIpc) is 2.34. The highest BCUT2D eigenvalue weighted by molar-refractivity contribution is 7.45. The van der Waals surface area contributed by atoms with E-state index < -0.39 is 8.53 Å². The normalized spacial score (nSPS) is 21.0. The lowest BCUT2D eigenvalue weighted by Gasteiger charge is -2.06. The monoisotopic (exact) mass is 151 g/mol. The topological polar surface area (TPSA) is 50.7 Å². The van der Waals surface area contributed by atoms with Crippen molar-refractivity contribution in [2.24, 2.45) is 0 Å². The van der Waals surface area contributed by atoms with E-state index >= 15 is 0 Å². The van der Waals surface area contributed by atoms with Gasteiger partial charge in [-0.15, -0.1) is 0 Å². The number of aliphatic hydroxyl groups is 1. The largest absolute Gasteiger partial charge is 0.395 e. The fourth-order valence-corrected chi connectivity index (χ4v) is 1.53. The molecule has 1 aliphatic rings. The summed E-state index contributed by atoms with van der Waals surface area (Å²) in [5, 5.41) is 11.3. The third kappa shape index (κ3) is 2.56. The molecule has 0 radical (unpaired) electrons. The predicted molar refractivity (Wildman–Crippen MR) is 33.9 cm³/mol. The Morgan fingerprint density at radius 1 is 1.44 bits per heavy atom. The minimum Gasteiger partial charge on any atom is -0.395 e. The van der Waals surface area contributed by atoms with Crippen molar-refractivity contribution < 1.29 is 14.2 Å². The molecule has 1 heterocycles. The van der Waals surface area contributed by atoms with E-state index in [1.54, 1.807) is 0 Å². The maximum absolute atomic E-state index is 8.36. The molecule has 1 rings (SSSR count). The number of nitrogens with one attached hydrogen (secondary N) is 1. The van der Waals surface area contributed by atoms with Crippen molar-refractivity contribution >= 4 is 8.53 Å². The third-order valence-electron chi connectivity index (χ3n) is 0.853. The molecule has 0 spiro atoms. The zero-order valence-corrected chi connectivity index (χ0v) is 5.93. The van der Waals surface area contributed by atoms with Crippen molar-refractivity contribution in [3.05, 3.63) is 0 Å². The van der Waals surface area contributed by atoms with E-state index in [4.69, 9.17) is 14.2 Å². The van der Waals surface area contributed by atoms with Crippen LogP contribution in [0.1, 0.15) is 0 Å². The van der Waals surface area contributed by atoms with Crippen LogP contribution in [0.25, 0.3) is 0 Å². The molecule has 0 bridgehead atoms. The summed E-state index contributed by atoms with van der Waals surface area (Å²) in [6.07, 6.45) is 0. The summed E-state index contributed by atoms with van der Waals surface area (Å²) in [5.41, 5.74) is 0. The molecule has 0 saturated carbocycles. The summed E-state index contributed by atoms with van der Waals surface area (Å²) in [4.78, 5) is 0. The fraction of sp³-hybridized carbons (Fsp3) is 1.00. The van der Waals surface area contributed by atoms with Crippen LogP contribution in [0.4, 0.5) is 0 Å². The van der Waals surface area contributed by atoms with Crippen molar-refractivity contribution in [1.82, 2.24) is 5.09 Å². The molecule has 4 nitrogen and oxygen atoms in total. The van der Waals surface area contributed by atoms with E-state index in [9.17, 15) is 0 Å². The summed E-state index contributed by atoms with van der Waals surface area (Å²) in [7, 11) is -0.861. The Labute approximate surface area is 55.1 Å². The van der Waals surface area contributed by atoms with Gasteiger partial charge >= 0.3 is 0 Å². The predicted octanol–water partition coefficient (Wildman–Crippen LogP) is -0.158. The first-order valence-electron chi connectivity index (χ1n) is 2.84. The van der Waals surface area contributed by atoms with Crippen molar-refractivity contribution in [3.63, 3.8) is 0 Å². The Kier molecular flexibility index (Phi) is 3.40. The SMILES string of the molecule is OCCNP1OCCO1. The number of rotatable bonds is 3. The highest BCUT2D eigenvalue weighted by atomic mass is 31.2. The quantitative estimate of drug-likeness (QED) is 0.550. The molecule has 0 aromatic carbocycles. The Balaban J connectivity index is 1.98. The van der Waals surface area contributed by atoms with Gasteiger partial charge in [0.25, 0.3) is 8.53 Å². The molecule has 0 amide bonds. The van der Waals surface area contributed by atoms with Crippen molar-refractivity contribution in [2.45, 2.75) is 0 Å². The molecular formula is C4H10NO3P. The standard InChI is InChI=1S/C4H10NO3P/c6-2-1-5-9-7-3-4-8-9/h5-6H,1-4H2. The summed E-state index contributed by atoms with van der Waals surface area (Å²) in [6, 6.07) is 0. The molecule has 0 unspecified atom stereocenters. The summed E-state index contributed by atoms with van der Waals surface area (Å²) >= 11 is 0. The second-order valence-corrected chi connectivity index (χ2v) is 2.90. The maximum Gasteiger partial charge on any atom is 0.256 e. The second kappa shape index (κ2) is 4.14. The number of hydrogen-bond acceptors (Lipinski definition) is 4. The second-order valence-electron chi connectivity index (χ2n) is 1.56. The highest BCUT2D eigenvalue weighted by Gasteiger charge is 2.15. The molecule has 5 heteroatoms. The minimum atomic E-state index is -0.861. The molecule has 0 aliphatic carbocycles. The molecule has 0 atom stereocenters. The van der Waals surface area contributed by atoms with E-state index in [1.807, 2.05) is 0 Å². The van der Waals surface area contributed by atoms with Gasteiger partial charge < -0.3 is 14.2 Å². The third-order valence-corrected chi connectivity index (χ3v) is 2.17. The molecule has 9 heavy (non-hydrogen) atoms. The van der Waals surface area contributed by atoms with Gasteiger partial charge in [-0.25, -0.2) is 5.09 Å². The fourth-order valence-electron chi connectivity index (χ4n) is 0.510. The Morgan fingerprint density at radius 3 is 2.67 bits per heavy atom. The lowest BCUT2D eigenvalue weighted by Crippen LogP contribution is -2.11.